The molecule has 1 aliphatic rings. The van der Waals surface area contributed by atoms with Gasteiger partial charge in [-0.25, -0.2) is 4.79 Å². The fourth-order valence-electron chi connectivity index (χ4n) is 4.31. The van der Waals surface area contributed by atoms with E-state index in [1.165, 1.54) is 4.90 Å². The van der Waals surface area contributed by atoms with Gasteiger partial charge in [0.15, 0.2) is 0 Å². The molecule has 0 aliphatic heterocycles. The quantitative estimate of drug-likeness (QED) is 0.268. The number of rotatable bonds is 13. The first-order valence-corrected chi connectivity index (χ1v) is 13.3. The number of hydrogen-bond donors (Lipinski definition) is 3. The highest BCUT2D eigenvalue weighted by molar-refractivity contribution is 5.93. The lowest BCUT2D eigenvalue weighted by Gasteiger charge is -2.35. The minimum atomic E-state index is -1.13. The zero-order valence-corrected chi connectivity index (χ0v) is 23.2. The molecule has 4 N–H and O–H groups in total. The molecule has 0 saturated heterocycles. The molecule has 1 aliphatic carbocycles. The van der Waals surface area contributed by atoms with E-state index in [1.54, 1.807) is 45.0 Å². The van der Waals surface area contributed by atoms with Crippen LogP contribution in [0.25, 0.3) is 0 Å². The Balaban J connectivity index is 2.50. The maximum atomic E-state index is 14.2. The average Bonchev–Trinajstić information content (AvgIpc) is 3.56. The highest BCUT2D eigenvalue weighted by Gasteiger charge is 2.48. The third-order valence-corrected chi connectivity index (χ3v) is 6.36. The highest BCUT2D eigenvalue weighted by Crippen LogP contribution is 2.41. The summed E-state index contributed by atoms with van der Waals surface area (Å²) in [5, 5.41) is 5.58. The van der Waals surface area contributed by atoms with Gasteiger partial charge in [-0.2, -0.15) is 0 Å². The summed E-state index contributed by atoms with van der Waals surface area (Å²) in [5.41, 5.74) is 5.60. The topological polar surface area (TPSA) is 131 Å². The number of unbranched alkanes of at least 4 members (excludes halogenated alkanes) is 2. The Hall–Kier alpha value is -3.54. The lowest BCUT2D eigenvalue weighted by molar-refractivity contribution is -0.143. The number of alkyl carbamates (subject to hydrolysis) is 1. The van der Waals surface area contributed by atoms with Gasteiger partial charge in [0.1, 0.15) is 17.7 Å². The van der Waals surface area contributed by atoms with E-state index in [1.807, 2.05) is 6.92 Å². The molecule has 208 valence electrons. The monoisotopic (exact) mass is 526 g/mol. The average molecular weight is 527 g/mol. The van der Waals surface area contributed by atoms with Gasteiger partial charge >= 0.3 is 6.09 Å². The number of carbonyl (C=O) groups excluding carboxylic acids is 4. The molecule has 1 saturated carbocycles. The minimum Gasteiger partial charge on any atom is -0.444 e. The molecule has 4 atom stereocenters. The van der Waals surface area contributed by atoms with Crippen molar-refractivity contribution in [1.82, 2.24) is 15.5 Å². The van der Waals surface area contributed by atoms with Gasteiger partial charge < -0.3 is 26.0 Å². The molecular weight excluding hydrogens is 484 g/mol. The van der Waals surface area contributed by atoms with E-state index < -0.39 is 35.6 Å². The van der Waals surface area contributed by atoms with Crippen LogP contribution in [0.15, 0.2) is 24.3 Å². The second-order valence-corrected chi connectivity index (χ2v) is 10.9. The Morgan fingerprint density at radius 2 is 1.87 bits per heavy atom. The van der Waals surface area contributed by atoms with Crippen molar-refractivity contribution in [3.05, 3.63) is 35.4 Å². The Labute approximate surface area is 226 Å². The molecule has 0 spiro atoms. The number of primary amides is 1. The van der Waals surface area contributed by atoms with Gasteiger partial charge in [0.25, 0.3) is 0 Å². The largest absolute Gasteiger partial charge is 0.444 e. The van der Waals surface area contributed by atoms with E-state index in [0.29, 0.717) is 24.1 Å². The fraction of sp³-hybridized carbons (Fsp3) is 0.586. The van der Waals surface area contributed by atoms with E-state index in [-0.39, 0.29) is 30.7 Å². The second kappa shape index (κ2) is 13.8. The van der Waals surface area contributed by atoms with Crippen molar-refractivity contribution in [2.75, 3.05) is 6.54 Å². The molecule has 9 nitrogen and oxygen atoms in total. The summed E-state index contributed by atoms with van der Waals surface area (Å²) >= 11 is 0. The number of ether oxygens (including phenoxy) is 1. The predicted molar refractivity (Wildman–Crippen MR) is 146 cm³/mol. The Morgan fingerprint density at radius 1 is 1.21 bits per heavy atom. The van der Waals surface area contributed by atoms with Gasteiger partial charge in [-0.05, 0) is 57.6 Å². The van der Waals surface area contributed by atoms with E-state index in [9.17, 15) is 19.2 Å². The van der Waals surface area contributed by atoms with Crippen LogP contribution in [0.2, 0.25) is 0 Å². The first kappa shape index (κ1) is 30.7. The fourth-order valence-corrected chi connectivity index (χ4v) is 4.31. The Bertz CT molecular complexity index is 1040. The third-order valence-electron chi connectivity index (χ3n) is 6.36. The van der Waals surface area contributed by atoms with Crippen LogP contribution in [0.1, 0.15) is 90.3 Å². The molecule has 38 heavy (non-hydrogen) atoms. The van der Waals surface area contributed by atoms with Crippen LogP contribution in [0.4, 0.5) is 4.79 Å². The lowest BCUT2D eigenvalue weighted by Crippen LogP contribution is -2.54. The standard InChI is InChI=1S/C29H42N4O5/c1-7-9-12-17-31-26(35)25(21-14-11-10-13-20(21)8-2)33(23-18-19(23)3)27(36)22(15-16-24(30)34)32-28(37)38-29(4,5)6/h2,10-11,13-14,19,22-23,25H,7,9,12,15-18H2,1,3-6H3,(H2,30,34)(H,31,35)(H,32,37). The molecule has 2 rings (SSSR count). The van der Waals surface area contributed by atoms with Crippen LogP contribution in [0.3, 0.4) is 0 Å². The molecule has 1 aromatic carbocycles. The lowest BCUT2D eigenvalue weighted by atomic mass is 9.96. The molecule has 0 radical (unpaired) electrons. The Kier molecular flexibility index (Phi) is 11.2. The number of amides is 4. The van der Waals surface area contributed by atoms with Gasteiger partial charge in [-0.3, -0.25) is 14.4 Å². The number of nitrogens with zero attached hydrogens (tertiary/aromatic N) is 1. The summed E-state index contributed by atoms with van der Waals surface area (Å²) < 4.78 is 5.36. The Morgan fingerprint density at radius 3 is 2.42 bits per heavy atom. The maximum absolute atomic E-state index is 14.2. The van der Waals surface area contributed by atoms with Crippen molar-refractivity contribution in [3.8, 4) is 12.3 Å². The van der Waals surface area contributed by atoms with Crippen molar-refractivity contribution in [2.45, 2.75) is 96.9 Å². The summed E-state index contributed by atoms with van der Waals surface area (Å²) in [5.74, 6) is 1.33. The van der Waals surface area contributed by atoms with Crippen molar-refractivity contribution in [2.24, 2.45) is 11.7 Å². The second-order valence-electron chi connectivity index (χ2n) is 10.9. The highest BCUT2D eigenvalue weighted by atomic mass is 16.6. The van der Waals surface area contributed by atoms with Crippen molar-refractivity contribution in [3.63, 3.8) is 0 Å². The summed E-state index contributed by atoms with van der Waals surface area (Å²) in [7, 11) is 0. The number of nitrogens with two attached hydrogens (primary N) is 1. The molecule has 0 aromatic heterocycles. The summed E-state index contributed by atoms with van der Waals surface area (Å²) in [6, 6.07) is 4.65. The molecule has 4 amide bonds. The van der Waals surface area contributed by atoms with Crippen LogP contribution < -0.4 is 16.4 Å². The summed E-state index contributed by atoms with van der Waals surface area (Å²) in [4.78, 5) is 53.6. The number of carbonyl (C=O) groups is 4. The van der Waals surface area contributed by atoms with Crippen LogP contribution in [-0.4, -0.2) is 52.9 Å². The maximum Gasteiger partial charge on any atom is 0.408 e. The van der Waals surface area contributed by atoms with Crippen molar-refractivity contribution in [1.29, 1.82) is 0 Å². The number of terminal acetylenes is 1. The van der Waals surface area contributed by atoms with Gasteiger partial charge in [-0.15, -0.1) is 6.42 Å². The minimum absolute atomic E-state index is 0.0351. The van der Waals surface area contributed by atoms with Gasteiger partial charge in [-0.1, -0.05) is 50.8 Å². The number of nitrogens with one attached hydrogen (secondary N) is 2. The first-order valence-electron chi connectivity index (χ1n) is 13.3. The first-order chi connectivity index (χ1) is 17.9. The van der Waals surface area contributed by atoms with Crippen LogP contribution in [0, 0.1) is 18.3 Å². The molecule has 4 unspecified atom stereocenters. The van der Waals surface area contributed by atoms with Crippen molar-refractivity contribution >= 4 is 23.8 Å². The van der Waals surface area contributed by atoms with Gasteiger partial charge in [0, 0.05) is 24.6 Å². The summed E-state index contributed by atoms with van der Waals surface area (Å²) in [6.45, 7) is 9.66. The smallest absolute Gasteiger partial charge is 0.408 e. The number of hydrogen-bond acceptors (Lipinski definition) is 5. The molecule has 9 heteroatoms. The van der Waals surface area contributed by atoms with Crippen molar-refractivity contribution < 1.29 is 23.9 Å². The predicted octanol–water partition coefficient (Wildman–Crippen LogP) is 3.41. The van der Waals surface area contributed by atoms with Crippen LogP contribution >= 0.6 is 0 Å². The van der Waals surface area contributed by atoms with E-state index in [4.69, 9.17) is 16.9 Å². The molecular formula is C29H42N4O5. The number of benzene rings is 1. The van der Waals surface area contributed by atoms with E-state index >= 15 is 0 Å². The summed E-state index contributed by atoms with van der Waals surface area (Å²) in [6.07, 6.45) is 8.28. The van der Waals surface area contributed by atoms with Gasteiger partial charge in [0.05, 0.1) is 0 Å². The van der Waals surface area contributed by atoms with E-state index in [0.717, 1.165) is 19.3 Å². The zero-order valence-electron chi connectivity index (χ0n) is 23.2. The molecule has 0 bridgehead atoms. The molecule has 1 aromatic rings. The van der Waals surface area contributed by atoms with Crippen LogP contribution in [0.5, 0.6) is 0 Å². The van der Waals surface area contributed by atoms with Gasteiger partial charge in [0.2, 0.25) is 17.7 Å². The molecule has 0 heterocycles. The third kappa shape index (κ3) is 9.09. The molecule has 1 fully saturated rings. The van der Waals surface area contributed by atoms with E-state index in [2.05, 4.69) is 23.5 Å². The van der Waals surface area contributed by atoms with Crippen LogP contribution in [-0.2, 0) is 19.1 Å². The zero-order chi connectivity index (χ0) is 28.5. The SMILES string of the molecule is C#Cc1ccccc1C(C(=O)NCCCCC)N(C(=O)C(CCC(N)=O)NC(=O)OC(C)(C)C)C1CC1C. The normalized spacial score (nSPS) is 17.9.